The first-order valence-electron chi connectivity index (χ1n) is 14.0. The second kappa shape index (κ2) is 11.8. The standard InChI is InChI=1S/C35H45FO2/c1-9-35(10-2,29-16-15-26(23(3)19-29)12-11-25(5)34(6,7)8)30-17-18-31(24(4)20-30)27-13-14-28(22-33(37)38)32(36)21-27/h13-21,25H,9-12,22H2,1-8H3,(H,37,38). The lowest BCUT2D eigenvalue weighted by Crippen LogP contribution is -2.26. The third-order valence-corrected chi connectivity index (χ3v) is 8.91. The van der Waals surface area contributed by atoms with Gasteiger partial charge in [0, 0.05) is 5.41 Å². The summed E-state index contributed by atoms with van der Waals surface area (Å²) in [6, 6.07) is 18.4. The number of carbonyl (C=O) groups is 1. The van der Waals surface area contributed by atoms with E-state index in [9.17, 15) is 9.18 Å². The SMILES string of the molecule is CCC(CC)(c1ccc(CCC(C)C(C)(C)C)c(C)c1)c1ccc(-c2ccc(CC(=O)O)c(F)c2)c(C)c1. The largest absolute Gasteiger partial charge is 0.481 e. The van der Waals surface area contributed by atoms with Gasteiger partial charge in [-0.3, -0.25) is 4.79 Å². The van der Waals surface area contributed by atoms with Crippen molar-refractivity contribution in [2.24, 2.45) is 11.3 Å². The summed E-state index contributed by atoms with van der Waals surface area (Å²) < 4.78 is 14.6. The smallest absolute Gasteiger partial charge is 0.307 e. The molecule has 0 aliphatic heterocycles. The number of halogens is 1. The van der Waals surface area contributed by atoms with Crippen LogP contribution in [0.3, 0.4) is 0 Å². The van der Waals surface area contributed by atoms with E-state index in [-0.39, 0.29) is 17.4 Å². The Labute approximate surface area is 229 Å². The van der Waals surface area contributed by atoms with Gasteiger partial charge in [-0.1, -0.05) is 90.1 Å². The molecule has 204 valence electrons. The van der Waals surface area contributed by atoms with Crippen molar-refractivity contribution in [3.05, 3.63) is 93.8 Å². The molecule has 2 nitrogen and oxygen atoms in total. The Hall–Kier alpha value is -2.94. The Balaban J connectivity index is 1.93. The second-order valence-corrected chi connectivity index (χ2v) is 12.1. The topological polar surface area (TPSA) is 37.3 Å². The monoisotopic (exact) mass is 516 g/mol. The Morgan fingerprint density at radius 3 is 1.95 bits per heavy atom. The molecule has 3 rings (SSSR count). The first kappa shape index (κ1) is 29.6. The van der Waals surface area contributed by atoms with Crippen LogP contribution < -0.4 is 0 Å². The Bertz CT molecular complexity index is 1280. The minimum absolute atomic E-state index is 0.0954. The molecule has 1 unspecified atom stereocenters. The highest BCUT2D eigenvalue weighted by Gasteiger charge is 2.31. The molecular formula is C35H45FO2. The molecule has 0 saturated carbocycles. The van der Waals surface area contributed by atoms with Crippen LogP contribution in [0.5, 0.6) is 0 Å². The quantitative estimate of drug-likeness (QED) is 0.291. The number of hydrogen-bond donors (Lipinski definition) is 1. The molecule has 38 heavy (non-hydrogen) atoms. The fourth-order valence-corrected chi connectivity index (χ4v) is 5.62. The van der Waals surface area contributed by atoms with Crippen LogP contribution in [0.4, 0.5) is 4.39 Å². The van der Waals surface area contributed by atoms with E-state index in [0.29, 0.717) is 11.3 Å². The van der Waals surface area contributed by atoms with Gasteiger partial charge in [-0.25, -0.2) is 4.39 Å². The molecule has 1 atom stereocenters. The summed E-state index contributed by atoms with van der Waals surface area (Å²) in [5.74, 6) is -0.844. The molecule has 0 bridgehead atoms. The van der Waals surface area contributed by atoms with Crippen LogP contribution in [0, 0.1) is 31.0 Å². The molecular weight excluding hydrogens is 471 g/mol. The maximum Gasteiger partial charge on any atom is 0.307 e. The minimum Gasteiger partial charge on any atom is -0.481 e. The van der Waals surface area contributed by atoms with Crippen molar-refractivity contribution in [2.45, 2.75) is 92.9 Å². The zero-order chi connectivity index (χ0) is 28.3. The van der Waals surface area contributed by atoms with E-state index < -0.39 is 11.8 Å². The third kappa shape index (κ3) is 6.37. The molecule has 0 heterocycles. The summed E-state index contributed by atoms with van der Waals surface area (Å²) in [6.45, 7) is 18.2. The fourth-order valence-electron chi connectivity index (χ4n) is 5.62. The van der Waals surface area contributed by atoms with E-state index in [1.807, 2.05) is 6.07 Å². The Morgan fingerprint density at radius 2 is 1.45 bits per heavy atom. The molecule has 3 aromatic rings. The number of carboxylic acids is 1. The molecule has 1 N–H and O–H groups in total. The lowest BCUT2D eigenvalue weighted by atomic mass is 9.69. The van der Waals surface area contributed by atoms with E-state index in [4.69, 9.17) is 5.11 Å². The number of aryl methyl sites for hydroxylation is 3. The molecule has 0 fully saturated rings. The third-order valence-electron chi connectivity index (χ3n) is 8.91. The van der Waals surface area contributed by atoms with Gasteiger partial charge in [0.15, 0.2) is 0 Å². The predicted octanol–water partition coefficient (Wildman–Crippen LogP) is 9.46. The van der Waals surface area contributed by atoms with Crippen molar-refractivity contribution in [1.29, 1.82) is 0 Å². The van der Waals surface area contributed by atoms with Crippen LogP contribution in [-0.2, 0) is 23.1 Å². The maximum absolute atomic E-state index is 14.6. The summed E-state index contributed by atoms with van der Waals surface area (Å²) >= 11 is 0. The summed E-state index contributed by atoms with van der Waals surface area (Å²) in [6.07, 6.45) is 3.95. The number of carboxylic acid groups (broad SMARTS) is 1. The van der Waals surface area contributed by atoms with Crippen molar-refractivity contribution in [3.8, 4) is 11.1 Å². The first-order chi connectivity index (χ1) is 17.8. The lowest BCUT2D eigenvalue weighted by Gasteiger charge is -2.34. The zero-order valence-corrected chi connectivity index (χ0v) is 24.5. The molecule has 3 heteroatoms. The fraction of sp³-hybridized carbons (Fsp3) is 0.457. The van der Waals surface area contributed by atoms with Crippen LogP contribution in [0.15, 0.2) is 54.6 Å². The minimum atomic E-state index is -1.03. The van der Waals surface area contributed by atoms with Gasteiger partial charge >= 0.3 is 5.97 Å². The molecule has 0 saturated heterocycles. The summed E-state index contributed by atoms with van der Waals surface area (Å²) in [5.41, 5.74) is 8.68. The highest BCUT2D eigenvalue weighted by molar-refractivity contribution is 5.72. The Kier molecular flexibility index (Phi) is 9.23. The van der Waals surface area contributed by atoms with Gasteiger partial charge in [0.2, 0.25) is 0 Å². The molecule has 0 aliphatic rings. The van der Waals surface area contributed by atoms with Crippen molar-refractivity contribution in [2.75, 3.05) is 0 Å². The Morgan fingerprint density at radius 1 is 0.868 bits per heavy atom. The highest BCUT2D eigenvalue weighted by Crippen LogP contribution is 2.41. The van der Waals surface area contributed by atoms with Gasteiger partial charge < -0.3 is 5.11 Å². The number of rotatable bonds is 10. The average molecular weight is 517 g/mol. The molecule has 0 spiro atoms. The van der Waals surface area contributed by atoms with Crippen molar-refractivity contribution in [1.82, 2.24) is 0 Å². The normalized spacial score (nSPS) is 13.0. The van der Waals surface area contributed by atoms with Gasteiger partial charge in [-0.05, 0) is 101 Å². The van der Waals surface area contributed by atoms with Crippen molar-refractivity contribution in [3.63, 3.8) is 0 Å². The predicted molar refractivity (Wildman–Crippen MR) is 157 cm³/mol. The van der Waals surface area contributed by atoms with Crippen LogP contribution in [0.2, 0.25) is 0 Å². The first-order valence-corrected chi connectivity index (χ1v) is 14.0. The number of aliphatic carboxylic acids is 1. The summed E-state index contributed by atoms with van der Waals surface area (Å²) in [5, 5.41) is 9.01. The molecule has 0 aliphatic carbocycles. The van der Waals surface area contributed by atoms with Gasteiger partial charge in [0.25, 0.3) is 0 Å². The zero-order valence-electron chi connectivity index (χ0n) is 24.5. The average Bonchev–Trinajstić information content (AvgIpc) is 2.85. The van der Waals surface area contributed by atoms with E-state index in [1.165, 1.54) is 34.7 Å². The van der Waals surface area contributed by atoms with Crippen LogP contribution in [0.25, 0.3) is 11.1 Å². The van der Waals surface area contributed by atoms with Gasteiger partial charge in [-0.2, -0.15) is 0 Å². The second-order valence-electron chi connectivity index (χ2n) is 12.1. The molecule has 0 radical (unpaired) electrons. The van der Waals surface area contributed by atoms with Gasteiger partial charge in [0.1, 0.15) is 5.82 Å². The van der Waals surface area contributed by atoms with E-state index in [1.54, 1.807) is 6.07 Å². The number of benzene rings is 3. The molecule has 0 aromatic heterocycles. The van der Waals surface area contributed by atoms with Crippen LogP contribution >= 0.6 is 0 Å². The van der Waals surface area contributed by atoms with E-state index in [0.717, 1.165) is 36.0 Å². The number of hydrogen-bond acceptors (Lipinski definition) is 1. The van der Waals surface area contributed by atoms with Crippen LogP contribution in [0.1, 0.15) is 94.2 Å². The van der Waals surface area contributed by atoms with Crippen LogP contribution in [-0.4, -0.2) is 11.1 Å². The highest BCUT2D eigenvalue weighted by atomic mass is 19.1. The van der Waals surface area contributed by atoms with Gasteiger partial charge in [-0.15, -0.1) is 0 Å². The van der Waals surface area contributed by atoms with E-state index in [2.05, 4.69) is 91.8 Å². The van der Waals surface area contributed by atoms with Crippen molar-refractivity contribution >= 4 is 5.97 Å². The molecule has 3 aromatic carbocycles. The van der Waals surface area contributed by atoms with Crippen molar-refractivity contribution < 1.29 is 14.3 Å². The van der Waals surface area contributed by atoms with E-state index >= 15 is 0 Å². The summed E-state index contributed by atoms with van der Waals surface area (Å²) in [7, 11) is 0. The maximum atomic E-state index is 14.6. The summed E-state index contributed by atoms with van der Waals surface area (Å²) in [4.78, 5) is 11.0. The molecule has 0 amide bonds. The lowest BCUT2D eigenvalue weighted by molar-refractivity contribution is -0.136. The van der Waals surface area contributed by atoms with Gasteiger partial charge in [0.05, 0.1) is 6.42 Å².